The third-order valence-corrected chi connectivity index (χ3v) is 5.47. The van der Waals surface area contributed by atoms with Crippen molar-refractivity contribution in [2.75, 3.05) is 0 Å². The average Bonchev–Trinajstić information content (AvgIpc) is 2.72. The van der Waals surface area contributed by atoms with Gasteiger partial charge in [-0.15, -0.1) is 0 Å². The highest BCUT2D eigenvalue weighted by Gasteiger charge is 2.19. The van der Waals surface area contributed by atoms with Gasteiger partial charge in [0, 0.05) is 6.42 Å². The summed E-state index contributed by atoms with van der Waals surface area (Å²) < 4.78 is 6.09. The number of benzene rings is 1. The number of rotatable bonds is 19. The van der Waals surface area contributed by atoms with Gasteiger partial charge in [0.25, 0.3) is 0 Å². The predicted octanol–water partition coefficient (Wildman–Crippen LogP) is 6.50. The minimum absolute atomic E-state index is 0.0732. The normalized spacial score (nSPS) is 13.3. The smallest absolute Gasteiger partial charge is 0.303 e. The van der Waals surface area contributed by atoms with Crippen LogP contribution in [0.5, 0.6) is 0 Å². The van der Waals surface area contributed by atoms with Gasteiger partial charge in [0.1, 0.15) is 0 Å². The Balaban J connectivity index is 2.16. The van der Waals surface area contributed by atoms with Crippen LogP contribution >= 0.6 is 0 Å². The van der Waals surface area contributed by atoms with E-state index in [4.69, 9.17) is 9.84 Å². The molecule has 0 heterocycles. The van der Waals surface area contributed by atoms with Crippen LogP contribution in [-0.4, -0.2) is 28.4 Å². The third kappa shape index (κ3) is 14.3. The molecule has 4 nitrogen and oxygen atoms in total. The fourth-order valence-corrected chi connectivity index (χ4v) is 3.64. The molecule has 1 rings (SSSR count). The van der Waals surface area contributed by atoms with E-state index >= 15 is 0 Å². The molecule has 0 aliphatic carbocycles. The molecule has 0 fully saturated rings. The predicted molar refractivity (Wildman–Crippen MR) is 119 cm³/mol. The summed E-state index contributed by atoms with van der Waals surface area (Å²) in [6.07, 6.45) is 13.7. The summed E-state index contributed by atoms with van der Waals surface area (Å²) in [6, 6.07) is 10.2. The number of aliphatic hydroxyl groups is 1. The number of carboxylic acids is 1. The van der Waals surface area contributed by atoms with E-state index in [2.05, 4.69) is 19.1 Å². The molecule has 2 atom stereocenters. The van der Waals surface area contributed by atoms with Crippen LogP contribution in [0.2, 0.25) is 0 Å². The number of hydrogen-bond acceptors (Lipinski definition) is 3. The topological polar surface area (TPSA) is 66.8 Å². The van der Waals surface area contributed by atoms with Crippen LogP contribution in [0.3, 0.4) is 0 Å². The van der Waals surface area contributed by atoms with E-state index < -0.39 is 5.97 Å². The third-order valence-electron chi connectivity index (χ3n) is 5.47. The Morgan fingerprint density at radius 3 is 2.07 bits per heavy atom. The average molecular weight is 407 g/mol. The first-order valence-corrected chi connectivity index (χ1v) is 11.7. The Labute approximate surface area is 177 Å². The van der Waals surface area contributed by atoms with Gasteiger partial charge < -0.3 is 14.9 Å². The molecule has 0 saturated carbocycles. The first-order chi connectivity index (χ1) is 14.1. The number of aliphatic carboxylic acids is 1. The number of carbonyl (C=O) groups is 1. The van der Waals surface area contributed by atoms with Crippen molar-refractivity contribution in [1.29, 1.82) is 0 Å². The molecule has 166 valence electrons. The van der Waals surface area contributed by atoms with Gasteiger partial charge in [0.15, 0.2) is 0 Å². The Hall–Kier alpha value is -1.39. The van der Waals surface area contributed by atoms with E-state index in [-0.39, 0.29) is 12.2 Å². The molecule has 1 aromatic carbocycles. The van der Waals surface area contributed by atoms with E-state index in [0.29, 0.717) is 13.0 Å². The fraction of sp³-hybridized carbons (Fsp3) is 0.720. The maximum Gasteiger partial charge on any atom is 0.303 e. The number of ether oxygens (including phenoxy) is 1. The zero-order valence-corrected chi connectivity index (χ0v) is 18.4. The number of aliphatic hydroxyl groups excluding tert-OH is 1. The van der Waals surface area contributed by atoms with Gasteiger partial charge in [0.2, 0.25) is 0 Å². The quantitative estimate of drug-likeness (QED) is 0.257. The minimum Gasteiger partial charge on any atom is -0.481 e. The largest absolute Gasteiger partial charge is 0.481 e. The van der Waals surface area contributed by atoms with Crippen molar-refractivity contribution in [2.24, 2.45) is 0 Å². The van der Waals surface area contributed by atoms with Gasteiger partial charge in [-0.1, -0.05) is 101 Å². The maximum absolute atomic E-state index is 10.7. The Morgan fingerprint density at radius 2 is 1.45 bits per heavy atom. The molecule has 0 spiro atoms. The monoisotopic (exact) mass is 406 g/mol. The summed E-state index contributed by atoms with van der Waals surface area (Å²) in [6.45, 7) is 2.76. The molecule has 4 heteroatoms. The molecule has 29 heavy (non-hydrogen) atoms. The summed E-state index contributed by atoms with van der Waals surface area (Å²) in [5.41, 5.74) is 1.16. The molecular weight excluding hydrogens is 364 g/mol. The Kier molecular flexibility index (Phi) is 15.4. The lowest BCUT2D eigenvalue weighted by atomic mass is 9.99. The van der Waals surface area contributed by atoms with Crippen LogP contribution in [0, 0.1) is 0 Å². The van der Waals surface area contributed by atoms with Gasteiger partial charge in [-0.05, 0) is 24.8 Å². The second-order valence-electron chi connectivity index (χ2n) is 8.16. The first kappa shape index (κ1) is 25.6. The summed E-state index contributed by atoms with van der Waals surface area (Å²) >= 11 is 0. The lowest BCUT2D eigenvalue weighted by Gasteiger charge is -2.24. The van der Waals surface area contributed by atoms with Crippen molar-refractivity contribution >= 4 is 5.97 Å². The zero-order valence-electron chi connectivity index (χ0n) is 18.4. The van der Waals surface area contributed by atoms with Crippen LogP contribution < -0.4 is 0 Å². The lowest BCUT2D eigenvalue weighted by Crippen LogP contribution is -2.29. The van der Waals surface area contributed by atoms with E-state index in [0.717, 1.165) is 56.9 Å². The van der Waals surface area contributed by atoms with Crippen molar-refractivity contribution in [2.45, 2.75) is 116 Å². The molecule has 0 radical (unpaired) electrons. The molecule has 2 unspecified atom stereocenters. The highest BCUT2D eigenvalue weighted by atomic mass is 16.5. The number of hydrogen-bond donors (Lipinski definition) is 2. The van der Waals surface area contributed by atoms with Crippen molar-refractivity contribution in [3.05, 3.63) is 35.9 Å². The van der Waals surface area contributed by atoms with E-state index in [1.54, 1.807) is 0 Å². The molecule has 2 N–H and O–H groups in total. The van der Waals surface area contributed by atoms with Crippen LogP contribution in [0.15, 0.2) is 30.3 Å². The highest BCUT2D eigenvalue weighted by Crippen LogP contribution is 2.18. The molecule has 0 aliphatic heterocycles. The lowest BCUT2D eigenvalue weighted by molar-refractivity contribution is -0.137. The van der Waals surface area contributed by atoms with Crippen molar-refractivity contribution in [1.82, 2.24) is 0 Å². The second kappa shape index (κ2) is 17.5. The molecule has 0 amide bonds. The van der Waals surface area contributed by atoms with Crippen LogP contribution in [0.25, 0.3) is 0 Å². The molecule has 0 aromatic heterocycles. The summed E-state index contributed by atoms with van der Waals surface area (Å²) in [5, 5.41) is 19.3. The minimum atomic E-state index is -0.690. The van der Waals surface area contributed by atoms with Crippen molar-refractivity contribution in [3.8, 4) is 0 Å². The van der Waals surface area contributed by atoms with Crippen molar-refractivity contribution in [3.63, 3.8) is 0 Å². The van der Waals surface area contributed by atoms with Crippen LogP contribution in [-0.2, 0) is 16.1 Å². The molecule has 0 aliphatic rings. The molecule has 0 saturated heterocycles. The van der Waals surface area contributed by atoms with Crippen LogP contribution in [0.4, 0.5) is 0 Å². The standard InChI is InChI=1S/C25H42O4/c1-2-3-11-19-24(29-21-22-16-12-10-13-17-22)23(26)18-14-8-6-4-5-7-9-15-20-25(27)28/h10,12-13,16-17,23-24,26H,2-9,11,14-15,18-21H2,1H3,(H,27,28). The van der Waals surface area contributed by atoms with E-state index in [1.165, 1.54) is 32.1 Å². The number of carboxylic acid groups (broad SMARTS) is 1. The summed E-state index contributed by atoms with van der Waals surface area (Å²) in [7, 11) is 0. The van der Waals surface area contributed by atoms with E-state index in [1.807, 2.05) is 18.2 Å². The molecular formula is C25H42O4. The fourth-order valence-electron chi connectivity index (χ4n) is 3.64. The van der Waals surface area contributed by atoms with Crippen LogP contribution in [0.1, 0.15) is 102 Å². The van der Waals surface area contributed by atoms with Gasteiger partial charge >= 0.3 is 5.97 Å². The maximum atomic E-state index is 10.7. The summed E-state index contributed by atoms with van der Waals surface area (Å²) in [4.78, 5) is 10.5. The van der Waals surface area contributed by atoms with Gasteiger partial charge in [-0.3, -0.25) is 4.79 Å². The van der Waals surface area contributed by atoms with Gasteiger partial charge in [0.05, 0.1) is 18.8 Å². The van der Waals surface area contributed by atoms with E-state index in [9.17, 15) is 9.90 Å². The first-order valence-electron chi connectivity index (χ1n) is 11.7. The SMILES string of the molecule is CCCCCC(OCc1ccccc1)C(O)CCCCCCCCCCC(=O)O. The highest BCUT2D eigenvalue weighted by molar-refractivity contribution is 5.66. The zero-order chi connectivity index (χ0) is 21.2. The Bertz CT molecular complexity index is 503. The second-order valence-corrected chi connectivity index (χ2v) is 8.16. The molecule has 0 bridgehead atoms. The molecule has 1 aromatic rings. The Morgan fingerprint density at radius 1 is 0.862 bits per heavy atom. The number of unbranched alkanes of at least 4 members (excludes halogenated alkanes) is 9. The van der Waals surface area contributed by atoms with Gasteiger partial charge in [-0.25, -0.2) is 0 Å². The van der Waals surface area contributed by atoms with Crippen molar-refractivity contribution < 1.29 is 19.7 Å². The summed E-state index contributed by atoms with van der Waals surface area (Å²) in [5.74, 6) is -0.690. The van der Waals surface area contributed by atoms with Gasteiger partial charge in [-0.2, -0.15) is 0 Å².